The standard InChI is InChI=1S/C13H13BrFNS/c1-13(2,3)11-7-17-12(16-11)9-5-4-8(15)6-10(9)14/h4-7H,1-3H3. The van der Waals surface area contributed by atoms with E-state index in [1.54, 1.807) is 17.4 Å². The molecule has 1 nitrogen and oxygen atoms in total. The summed E-state index contributed by atoms with van der Waals surface area (Å²) < 4.78 is 13.8. The summed E-state index contributed by atoms with van der Waals surface area (Å²) in [5.41, 5.74) is 2.04. The number of nitrogens with zero attached hydrogens (tertiary/aromatic N) is 1. The quantitative estimate of drug-likeness (QED) is 0.721. The van der Waals surface area contributed by atoms with Crippen LogP contribution in [0.15, 0.2) is 28.1 Å². The van der Waals surface area contributed by atoms with Crippen LogP contribution in [-0.2, 0) is 5.41 Å². The van der Waals surface area contributed by atoms with E-state index in [2.05, 4.69) is 47.1 Å². The van der Waals surface area contributed by atoms with E-state index >= 15 is 0 Å². The Balaban J connectivity index is 2.44. The minimum absolute atomic E-state index is 0.0429. The SMILES string of the molecule is CC(C)(C)c1csc(-c2ccc(F)cc2Br)n1. The molecule has 4 heteroatoms. The molecule has 1 heterocycles. The first-order valence-corrected chi connectivity index (χ1v) is 6.96. The molecule has 1 aromatic carbocycles. The maximum atomic E-state index is 13.0. The summed E-state index contributed by atoms with van der Waals surface area (Å²) in [5.74, 6) is -0.242. The highest BCUT2D eigenvalue weighted by Gasteiger charge is 2.18. The van der Waals surface area contributed by atoms with Gasteiger partial charge in [-0.25, -0.2) is 9.37 Å². The van der Waals surface area contributed by atoms with Gasteiger partial charge in [0.05, 0.1) is 5.69 Å². The Morgan fingerprint density at radius 1 is 1.29 bits per heavy atom. The van der Waals surface area contributed by atoms with Crippen molar-refractivity contribution < 1.29 is 4.39 Å². The van der Waals surface area contributed by atoms with Crippen LogP contribution in [0.1, 0.15) is 26.5 Å². The van der Waals surface area contributed by atoms with Gasteiger partial charge in [-0.15, -0.1) is 11.3 Å². The third-order valence-corrected chi connectivity index (χ3v) is 3.97. The third-order valence-electron chi connectivity index (χ3n) is 2.43. The molecule has 0 aliphatic rings. The first kappa shape index (κ1) is 12.7. The Kier molecular flexibility index (Phi) is 3.36. The van der Waals surface area contributed by atoms with Crippen molar-refractivity contribution in [1.82, 2.24) is 4.98 Å². The van der Waals surface area contributed by atoms with E-state index < -0.39 is 0 Å². The molecule has 2 aromatic rings. The summed E-state index contributed by atoms with van der Waals surface area (Å²) >= 11 is 4.96. The van der Waals surface area contributed by atoms with Gasteiger partial charge in [0, 0.05) is 20.8 Å². The van der Waals surface area contributed by atoms with Crippen molar-refractivity contribution in [3.05, 3.63) is 39.6 Å². The van der Waals surface area contributed by atoms with Gasteiger partial charge < -0.3 is 0 Å². The average molecular weight is 314 g/mol. The summed E-state index contributed by atoms with van der Waals surface area (Å²) in [6, 6.07) is 4.68. The largest absolute Gasteiger partial charge is 0.241 e. The summed E-state index contributed by atoms with van der Waals surface area (Å²) in [7, 11) is 0. The number of benzene rings is 1. The molecule has 0 amide bonds. The van der Waals surface area contributed by atoms with Crippen molar-refractivity contribution in [2.45, 2.75) is 26.2 Å². The van der Waals surface area contributed by atoms with E-state index in [4.69, 9.17) is 0 Å². The highest BCUT2D eigenvalue weighted by atomic mass is 79.9. The molecule has 0 aliphatic carbocycles. The van der Waals surface area contributed by atoms with E-state index in [1.165, 1.54) is 12.1 Å². The third kappa shape index (κ3) is 2.75. The van der Waals surface area contributed by atoms with Crippen LogP contribution in [0.25, 0.3) is 10.6 Å². The van der Waals surface area contributed by atoms with Crippen LogP contribution in [-0.4, -0.2) is 4.98 Å². The minimum atomic E-state index is -0.242. The molecule has 0 N–H and O–H groups in total. The fourth-order valence-electron chi connectivity index (χ4n) is 1.40. The second-order valence-corrected chi connectivity index (χ2v) is 6.62. The highest BCUT2D eigenvalue weighted by Crippen LogP contribution is 2.33. The molecule has 0 atom stereocenters. The molecular weight excluding hydrogens is 301 g/mol. The first-order chi connectivity index (χ1) is 7.88. The smallest absolute Gasteiger partial charge is 0.124 e. The molecule has 90 valence electrons. The van der Waals surface area contributed by atoms with Crippen LogP contribution in [0.3, 0.4) is 0 Å². The fraction of sp³-hybridized carbons (Fsp3) is 0.308. The van der Waals surface area contributed by atoms with E-state index in [0.717, 1.165) is 20.7 Å². The van der Waals surface area contributed by atoms with Crippen molar-refractivity contribution >= 4 is 27.3 Å². The average Bonchev–Trinajstić information content (AvgIpc) is 2.65. The minimum Gasteiger partial charge on any atom is -0.241 e. The fourth-order valence-corrected chi connectivity index (χ4v) is 3.16. The molecule has 0 unspecified atom stereocenters. The van der Waals surface area contributed by atoms with Gasteiger partial charge in [-0.1, -0.05) is 20.8 Å². The molecule has 0 aliphatic heterocycles. The van der Waals surface area contributed by atoms with Crippen LogP contribution >= 0.6 is 27.3 Å². The van der Waals surface area contributed by atoms with Crippen LogP contribution in [0.2, 0.25) is 0 Å². The number of rotatable bonds is 1. The Hall–Kier alpha value is -0.740. The Labute approximate surface area is 113 Å². The lowest BCUT2D eigenvalue weighted by atomic mass is 9.93. The van der Waals surface area contributed by atoms with Crippen molar-refractivity contribution in [3.63, 3.8) is 0 Å². The molecule has 17 heavy (non-hydrogen) atoms. The van der Waals surface area contributed by atoms with Gasteiger partial charge in [-0.05, 0) is 34.1 Å². The molecule has 0 saturated carbocycles. The van der Waals surface area contributed by atoms with Crippen LogP contribution in [0, 0.1) is 5.82 Å². The predicted octanol–water partition coefficient (Wildman–Crippen LogP) is 5.01. The second-order valence-electron chi connectivity index (χ2n) is 4.91. The second kappa shape index (κ2) is 4.50. The Bertz CT molecular complexity index is 543. The first-order valence-electron chi connectivity index (χ1n) is 5.29. The van der Waals surface area contributed by atoms with E-state index in [0.29, 0.717) is 0 Å². The maximum absolute atomic E-state index is 13.0. The number of hydrogen-bond acceptors (Lipinski definition) is 2. The molecule has 0 spiro atoms. The summed E-state index contributed by atoms with van der Waals surface area (Å²) in [5, 5.41) is 2.98. The van der Waals surface area contributed by atoms with Gasteiger partial charge in [0.25, 0.3) is 0 Å². The van der Waals surface area contributed by atoms with Crippen molar-refractivity contribution in [3.8, 4) is 10.6 Å². The topological polar surface area (TPSA) is 12.9 Å². The molecule has 2 rings (SSSR count). The molecule has 0 bridgehead atoms. The van der Waals surface area contributed by atoms with Crippen LogP contribution in [0.4, 0.5) is 4.39 Å². The number of thiazole rings is 1. The monoisotopic (exact) mass is 313 g/mol. The maximum Gasteiger partial charge on any atom is 0.124 e. The van der Waals surface area contributed by atoms with Gasteiger partial charge >= 0.3 is 0 Å². The van der Waals surface area contributed by atoms with Gasteiger partial charge in [0.1, 0.15) is 10.8 Å². The zero-order valence-electron chi connectivity index (χ0n) is 9.92. The Morgan fingerprint density at radius 3 is 2.53 bits per heavy atom. The van der Waals surface area contributed by atoms with Gasteiger partial charge in [-0.2, -0.15) is 0 Å². The van der Waals surface area contributed by atoms with Crippen molar-refractivity contribution in [2.75, 3.05) is 0 Å². The lowest BCUT2D eigenvalue weighted by Gasteiger charge is -2.14. The number of aromatic nitrogens is 1. The Morgan fingerprint density at radius 2 is 2.00 bits per heavy atom. The molecule has 0 radical (unpaired) electrons. The summed E-state index contributed by atoms with van der Waals surface area (Å²) in [4.78, 5) is 4.61. The zero-order chi connectivity index (χ0) is 12.6. The summed E-state index contributed by atoms with van der Waals surface area (Å²) in [6.07, 6.45) is 0. The van der Waals surface area contributed by atoms with Crippen molar-refractivity contribution in [2.24, 2.45) is 0 Å². The molecule has 1 aromatic heterocycles. The zero-order valence-corrected chi connectivity index (χ0v) is 12.3. The van der Waals surface area contributed by atoms with Gasteiger partial charge in [-0.3, -0.25) is 0 Å². The van der Waals surface area contributed by atoms with Crippen LogP contribution in [0.5, 0.6) is 0 Å². The lowest BCUT2D eigenvalue weighted by molar-refractivity contribution is 0.573. The predicted molar refractivity (Wildman–Crippen MR) is 73.9 cm³/mol. The van der Waals surface area contributed by atoms with Crippen molar-refractivity contribution in [1.29, 1.82) is 0 Å². The van der Waals surface area contributed by atoms with Gasteiger partial charge in [0.15, 0.2) is 0 Å². The normalized spacial score (nSPS) is 11.8. The van der Waals surface area contributed by atoms with Gasteiger partial charge in [0.2, 0.25) is 0 Å². The number of halogens is 2. The van der Waals surface area contributed by atoms with E-state index in [9.17, 15) is 4.39 Å². The lowest BCUT2D eigenvalue weighted by Crippen LogP contribution is -2.11. The molecular formula is C13H13BrFNS. The van der Waals surface area contributed by atoms with E-state index in [-0.39, 0.29) is 11.2 Å². The van der Waals surface area contributed by atoms with Crippen LogP contribution < -0.4 is 0 Å². The number of hydrogen-bond donors (Lipinski definition) is 0. The molecule has 0 fully saturated rings. The highest BCUT2D eigenvalue weighted by molar-refractivity contribution is 9.10. The van der Waals surface area contributed by atoms with E-state index in [1.807, 2.05) is 0 Å². The molecule has 0 saturated heterocycles. The summed E-state index contributed by atoms with van der Waals surface area (Å²) in [6.45, 7) is 6.39.